The van der Waals surface area contributed by atoms with E-state index in [0.717, 1.165) is 23.3 Å². The van der Waals surface area contributed by atoms with Gasteiger partial charge in [0.15, 0.2) is 0 Å². The Morgan fingerprint density at radius 1 is 0.900 bits per heavy atom. The van der Waals surface area contributed by atoms with E-state index in [2.05, 4.69) is 17.4 Å². The predicted octanol–water partition coefficient (Wildman–Crippen LogP) is 5.04. The van der Waals surface area contributed by atoms with Crippen molar-refractivity contribution >= 4 is 17.6 Å². The van der Waals surface area contributed by atoms with E-state index in [1.807, 2.05) is 42.5 Å². The van der Waals surface area contributed by atoms with E-state index in [4.69, 9.17) is 0 Å². The Bertz CT molecular complexity index is 899. The van der Waals surface area contributed by atoms with Crippen LogP contribution >= 0.6 is 0 Å². The lowest BCUT2D eigenvalue weighted by Gasteiger charge is -2.57. The van der Waals surface area contributed by atoms with Crippen LogP contribution in [0.2, 0.25) is 0 Å². The molecular weight excluding hydrogens is 374 g/mol. The third-order valence-electron chi connectivity index (χ3n) is 7.70. The Hall–Kier alpha value is -2.62. The summed E-state index contributed by atoms with van der Waals surface area (Å²) in [6, 6.07) is 17.5. The monoisotopic (exact) mass is 403 g/mol. The number of hydrogen-bond acceptors (Lipinski definition) is 2. The fourth-order valence-corrected chi connectivity index (χ4v) is 6.74. The highest BCUT2D eigenvalue weighted by molar-refractivity contribution is 6.04. The molecule has 2 aromatic carbocycles. The summed E-state index contributed by atoms with van der Waals surface area (Å²) >= 11 is 0. The number of rotatable bonds is 6. The van der Waals surface area contributed by atoms with Crippen LogP contribution in [0, 0.1) is 23.7 Å². The quantitative estimate of drug-likeness (QED) is 0.664. The molecule has 1 atom stereocenters. The van der Waals surface area contributed by atoms with Gasteiger partial charge in [0.05, 0.1) is 0 Å². The number of hydrogen-bond donors (Lipinski definition) is 2. The Balaban J connectivity index is 1.29. The molecule has 0 aliphatic heterocycles. The zero-order valence-corrected chi connectivity index (χ0v) is 17.2. The zero-order chi connectivity index (χ0) is 20.7. The summed E-state index contributed by atoms with van der Waals surface area (Å²) in [4.78, 5) is 24.4. The molecular formula is C26H29NO3. The van der Waals surface area contributed by atoms with E-state index >= 15 is 0 Å². The van der Waals surface area contributed by atoms with E-state index in [-0.39, 0.29) is 6.42 Å². The SMILES string of the molecule is O=C(O)[C@@H](Cc1ccccc1)C(=O)Nc1ccc(C23CC4CC(CC(C4)C2)C3)cc1. The molecule has 2 aromatic rings. The lowest BCUT2D eigenvalue weighted by Crippen LogP contribution is -2.48. The average molecular weight is 404 g/mol. The third kappa shape index (κ3) is 3.64. The smallest absolute Gasteiger partial charge is 0.316 e. The average Bonchev–Trinajstić information content (AvgIpc) is 2.72. The van der Waals surface area contributed by atoms with Crippen molar-refractivity contribution < 1.29 is 14.7 Å². The molecule has 2 N–H and O–H groups in total. The van der Waals surface area contributed by atoms with Crippen LogP contribution in [-0.4, -0.2) is 17.0 Å². The second-order valence-electron chi connectivity index (χ2n) is 9.85. The van der Waals surface area contributed by atoms with Gasteiger partial charge in [0, 0.05) is 5.69 Å². The second kappa shape index (κ2) is 7.57. The summed E-state index contributed by atoms with van der Waals surface area (Å²) in [6.45, 7) is 0. The fourth-order valence-electron chi connectivity index (χ4n) is 6.74. The topological polar surface area (TPSA) is 66.4 Å². The maximum atomic E-state index is 12.7. The van der Waals surface area contributed by atoms with E-state index in [1.54, 1.807) is 0 Å². The second-order valence-corrected chi connectivity index (χ2v) is 9.85. The van der Waals surface area contributed by atoms with Gasteiger partial charge < -0.3 is 10.4 Å². The largest absolute Gasteiger partial charge is 0.481 e. The molecule has 4 fully saturated rings. The molecule has 4 saturated carbocycles. The highest BCUT2D eigenvalue weighted by Crippen LogP contribution is 2.60. The fraction of sp³-hybridized carbons (Fsp3) is 0.462. The van der Waals surface area contributed by atoms with Crippen molar-refractivity contribution in [2.24, 2.45) is 23.7 Å². The minimum Gasteiger partial charge on any atom is -0.481 e. The maximum absolute atomic E-state index is 12.7. The number of carbonyl (C=O) groups is 2. The summed E-state index contributed by atoms with van der Waals surface area (Å²) in [5.74, 6) is 0.0190. The summed E-state index contributed by atoms with van der Waals surface area (Å²) in [7, 11) is 0. The van der Waals surface area contributed by atoms with Crippen LogP contribution in [0.5, 0.6) is 0 Å². The summed E-state index contributed by atoms with van der Waals surface area (Å²) in [6.07, 6.45) is 8.38. The molecule has 0 spiro atoms. The summed E-state index contributed by atoms with van der Waals surface area (Å²) in [5.41, 5.74) is 3.25. The first kappa shape index (κ1) is 19.3. The van der Waals surface area contributed by atoms with Gasteiger partial charge in [0.1, 0.15) is 5.92 Å². The van der Waals surface area contributed by atoms with Crippen molar-refractivity contribution in [3.8, 4) is 0 Å². The number of nitrogens with one attached hydrogen (secondary N) is 1. The van der Waals surface area contributed by atoms with Crippen LogP contribution in [0.3, 0.4) is 0 Å². The molecule has 0 aromatic heterocycles. The van der Waals surface area contributed by atoms with E-state index in [1.165, 1.54) is 44.1 Å². The van der Waals surface area contributed by atoms with Crippen LogP contribution in [0.25, 0.3) is 0 Å². The Labute approximate surface area is 177 Å². The Morgan fingerprint density at radius 2 is 1.47 bits per heavy atom. The lowest BCUT2D eigenvalue weighted by atomic mass is 9.48. The van der Waals surface area contributed by atoms with Gasteiger partial charge >= 0.3 is 5.97 Å². The van der Waals surface area contributed by atoms with Crippen molar-refractivity contribution in [2.75, 3.05) is 5.32 Å². The molecule has 4 bridgehead atoms. The van der Waals surface area contributed by atoms with Crippen molar-refractivity contribution in [3.05, 3.63) is 65.7 Å². The van der Waals surface area contributed by atoms with Crippen LogP contribution < -0.4 is 5.32 Å². The first-order valence-electron chi connectivity index (χ1n) is 11.2. The standard InChI is InChI=1S/C26H29NO3/c28-24(23(25(29)30)13-17-4-2-1-3-5-17)27-22-8-6-21(7-9-22)26-14-18-10-19(15-26)12-20(11-18)16-26/h1-9,18-20,23H,10-16H2,(H,27,28)(H,29,30)/t18?,19?,20?,23-,26?/m0/s1. The summed E-state index contributed by atoms with van der Waals surface area (Å²) in [5, 5.41) is 12.4. The normalized spacial score (nSPS) is 30.1. The number of carboxylic acid groups (broad SMARTS) is 1. The first-order chi connectivity index (χ1) is 14.5. The van der Waals surface area contributed by atoms with Gasteiger partial charge in [0.25, 0.3) is 0 Å². The van der Waals surface area contributed by atoms with Gasteiger partial charge in [-0.1, -0.05) is 42.5 Å². The molecule has 4 aliphatic rings. The highest BCUT2D eigenvalue weighted by Gasteiger charge is 2.51. The Kier molecular flexibility index (Phi) is 4.88. The van der Waals surface area contributed by atoms with Crippen molar-refractivity contribution in [3.63, 3.8) is 0 Å². The van der Waals surface area contributed by atoms with Gasteiger partial charge in [-0.15, -0.1) is 0 Å². The molecule has 4 aliphatic carbocycles. The van der Waals surface area contributed by atoms with Crippen LogP contribution in [0.4, 0.5) is 5.69 Å². The minimum absolute atomic E-state index is 0.188. The highest BCUT2D eigenvalue weighted by atomic mass is 16.4. The molecule has 6 rings (SSSR count). The van der Waals surface area contributed by atoms with Gasteiger partial charge in [-0.2, -0.15) is 0 Å². The molecule has 156 valence electrons. The molecule has 0 radical (unpaired) electrons. The van der Waals surface area contributed by atoms with E-state index < -0.39 is 17.8 Å². The molecule has 0 heterocycles. The molecule has 1 amide bonds. The number of amides is 1. The van der Waals surface area contributed by atoms with Gasteiger partial charge in [-0.05, 0) is 91.4 Å². The van der Waals surface area contributed by atoms with E-state index in [9.17, 15) is 14.7 Å². The minimum atomic E-state index is -1.10. The number of carbonyl (C=O) groups excluding carboxylic acids is 1. The molecule has 0 saturated heterocycles. The lowest BCUT2D eigenvalue weighted by molar-refractivity contribution is -0.145. The van der Waals surface area contributed by atoms with Crippen LogP contribution in [0.15, 0.2) is 54.6 Å². The number of anilines is 1. The van der Waals surface area contributed by atoms with Crippen LogP contribution in [-0.2, 0) is 21.4 Å². The first-order valence-corrected chi connectivity index (χ1v) is 11.2. The molecule has 0 unspecified atom stereocenters. The summed E-state index contributed by atoms with van der Waals surface area (Å²) < 4.78 is 0. The van der Waals surface area contributed by atoms with Crippen molar-refractivity contribution in [1.29, 1.82) is 0 Å². The van der Waals surface area contributed by atoms with E-state index in [0.29, 0.717) is 11.1 Å². The van der Waals surface area contributed by atoms with Gasteiger partial charge in [0.2, 0.25) is 5.91 Å². The van der Waals surface area contributed by atoms with Gasteiger partial charge in [-0.25, -0.2) is 0 Å². The van der Waals surface area contributed by atoms with Crippen LogP contribution in [0.1, 0.15) is 49.7 Å². The zero-order valence-electron chi connectivity index (χ0n) is 17.2. The maximum Gasteiger partial charge on any atom is 0.316 e. The third-order valence-corrected chi connectivity index (χ3v) is 7.70. The predicted molar refractivity (Wildman–Crippen MR) is 116 cm³/mol. The van der Waals surface area contributed by atoms with Gasteiger partial charge in [-0.3, -0.25) is 9.59 Å². The van der Waals surface area contributed by atoms with Crippen molar-refractivity contribution in [1.82, 2.24) is 0 Å². The number of benzene rings is 2. The van der Waals surface area contributed by atoms with Crippen molar-refractivity contribution in [2.45, 2.75) is 50.4 Å². The molecule has 30 heavy (non-hydrogen) atoms. The number of carboxylic acids is 1. The molecule has 4 nitrogen and oxygen atoms in total. The number of aliphatic carboxylic acids is 1. The molecule has 4 heteroatoms. The Morgan fingerprint density at radius 3 is 2.00 bits per heavy atom.